The van der Waals surface area contributed by atoms with Crippen molar-refractivity contribution in [3.8, 4) is 0 Å². The molecule has 0 aliphatic heterocycles. The molecule has 3 rings (SSSR count). The summed E-state index contributed by atoms with van der Waals surface area (Å²) in [5, 5.41) is 2.15. The summed E-state index contributed by atoms with van der Waals surface area (Å²) >= 11 is 3.57. The predicted octanol–water partition coefficient (Wildman–Crippen LogP) is 5.47. The zero-order chi connectivity index (χ0) is 14.7. The molecule has 0 N–H and O–H groups in total. The van der Waals surface area contributed by atoms with Crippen molar-refractivity contribution in [3.05, 3.63) is 46.4 Å². The topological polar surface area (TPSA) is 17.1 Å². The number of hydrogen-bond acceptors (Lipinski definition) is 1. The largest absolute Gasteiger partial charge is 0.294 e. The van der Waals surface area contributed by atoms with Gasteiger partial charge >= 0.3 is 0 Å². The first-order chi connectivity index (χ1) is 9.28. The van der Waals surface area contributed by atoms with Crippen LogP contribution in [0, 0.1) is 16.7 Å². The average molecular weight is 331 g/mol. The van der Waals surface area contributed by atoms with Crippen LogP contribution in [0.5, 0.6) is 0 Å². The third-order valence-corrected chi connectivity index (χ3v) is 6.11. The van der Waals surface area contributed by atoms with E-state index in [1.165, 1.54) is 0 Å². The fraction of sp³-hybridized carbons (Fsp3) is 0.389. The van der Waals surface area contributed by atoms with Gasteiger partial charge in [-0.1, -0.05) is 67.9 Å². The highest BCUT2D eigenvalue weighted by Crippen LogP contribution is 2.69. The fourth-order valence-electron chi connectivity index (χ4n) is 3.48. The Morgan fingerprint density at radius 3 is 2.05 bits per heavy atom. The van der Waals surface area contributed by atoms with E-state index in [2.05, 4.69) is 49.7 Å². The SMILES string of the molecule is CC1(C)C(C(=O)c2ccc(Br)c3ccccc23)C1(C)C. The van der Waals surface area contributed by atoms with Gasteiger partial charge in [0.05, 0.1) is 0 Å². The first-order valence-electron chi connectivity index (χ1n) is 7.00. The molecule has 1 fully saturated rings. The number of hydrogen-bond donors (Lipinski definition) is 0. The first kappa shape index (κ1) is 13.8. The number of carbonyl (C=O) groups excluding carboxylic acids is 1. The van der Waals surface area contributed by atoms with E-state index in [4.69, 9.17) is 0 Å². The Kier molecular flexibility index (Phi) is 2.88. The lowest BCUT2D eigenvalue weighted by atomic mass is 9.96. The highest BCUT2D eigenvalue weighted by Gasteiger charge is 2.67. The molecular formula is C18H19BrO. The molecule has 2 aromatic carbocycles. The molecule has 0 saturated heterocycles. The van der Waals surface area contributed by atoms with Crippen LogP contribution < -0.4 is 0 Å². The summed E-state index contributed by atoms with van der Waals surface area (Å²) in [6, 6.07) is 12.0. The van der Waals surface area contributed by atoms with E-state index in [9.17, 15) is 4.79 Å². The fourth-order valence-corrected chi connectivity index (χ4v) is 3.96. The lowest BCUT2D eigenvalue weighted by Crippen LogP contribution is -2.08. The van der Waals surface area contributed by atoms with Crippen molar-refractivity contribution in [3.63, 3.8) is 0 Å². The maximum Gasteiger partial charge on any atom is 0.167 e. The summed E-state index contributed by atoms with van der Waals surface area (Å²) in [7, 11) is 0. The highest BCUT2D eigenvalue weighted by atomic mass is 79.9. The molecule has 1 aliphatic rings. The van der Waals surface area contributed by atoms with E-state index in [0.717, 1.165) is 20.8 Å². The Labute approximate surface area is 128 Å². The minimum atomic E-state index is 0.0816. The number of benzene rings is 2. The van der Waals surface area contributed by atoms with Crippen molar-refractivity contribution >= 4 is 32.5 Å². The second kappa shape index (κ2) is 4.17. The van der Waals surface area contributed by atoms with Gasteiger partial charge in [-0.25, -0.2) is 0 Å². The molecular weight excluding hydrogens is 312 g/mol. The van der Waals surface area contributed by atoms with Crippen molar-refractivity contribution in [2.75, 3.05) is 0 Å². The molecule has 0 bridgehead atoms. The highest BCUT2D eigenvalue weighted by molar-refractivity contribution is 9.10. The zero-order valence-electron chi connectivity index (χ0n) is 12.3. The minimum Gasteiger partial charge on any atom is -0.294 e. The molecule has 1 aliphatic carbocycles. The predicted molar refractivity (Wildman–Crippen MR) is 87.0 cm³/mol. The average Bonchev–Trinajstić information content (AvgIpc) is 2.80. The Balaban J connectivity index is 2.13. The van der Waals surface area contributed by atoms with Crippen molar-refractivity contribution in [1.29, 1.82) is 0 Å². The van der Waals surface area contributed by atoms with Crippen LogP contribution in [0.3, 0.4) is 0 Å². The molecule has 0 aromatic heterocycles. The summed E-state index contributed by atoms with van der Waals surface area (Å²) in [4.78, 5) is 12.9. The van der Waals surface area contributed by atoms with E-state index in [1.807, 2.05) is 30.3 Å². The van der Waals surface area contributed by atoms with Crippen LogP contribution >= 0.6 is 15.9 Å². The second-order valence-electron chi connectivity index (χ2n) is 6.88. The third kappa shape index (κ3) is 1.70. The Bertz CT molecular complexity index is 698. The van der Waals surface area contributed by atoms with Crippen LogP contribution in [-0.2, 0) is 0 Å². The molecule has 0 unspecified atom stereocenters. The normalized spacial score (nSPS) is 20.1. The van der Waals surface area contributed by atoms with Crippen molar-refractivity contribution in [2.45, 2.75) is 27.7 Å². The minimum absolute atomic E-state index is 0.0816. The molecule has 1 saturated carbocycles. The summed E-state index contributed by atoms with van der Waals surface area (Å²) in [6.45, 7) is 8.76. The van der Waals surface area contributed by atoms with Gasteiger partial charge in [-0.2, -0.15) is 0 Å². The number of fused-ring (bicyclic) bond motifs is 1. The van der Waals surface area contributed by atoms with Crippen molar-refractivity contribution in [1.82, 2.24) is 0 Å². The van der Waals surface area contributed by atoms with Crippen LogP contribution in [0.2, 0.25) is 0 Å². The molecule has 0 atom stereocenters. The Morgan fingerprint density at radius 1 is 0.950 bits per heavy atom. The molecule has 0 heterocycles. The molecule has 2 heteroatoms. The maximum absolute atomic E-state index is 12.9. The Morgan fingerprint density at radius 2 is 1.50 bits per heavy atom. The molecule has 0 radical (unpaired) electrons. The van der Waals surface area contributed by atoms with Crippen LogP contribution in [0.1, 0.15) is 38.1 Å². The summed E-state index contributed by atoms with van der Waals surface area (Å²) in [6.07, 6.45) is 0. The number of halogens is 1. The van der Waals surface area contributed by atoms with Gasteiger partial charge in [0.25, 0.3) is 0 Å². The van der Waals surface area contributed by atoms with Crippen LogP contribution in [-0.4, -0.2) is 5.78 Å². The molecule has 2 aromatic rings. The molecule has 0 amide bonds. The summed E-state index contributed by atoms with van der Waals surface area (Å²) in [5.74, 6) is 0.392. The summed E-state index contributed by atoms with van der Waals surface area (Å²) in [5.41, 5.74) is 1.02. The van der Waals surface area contributed by atoms with Gasteiger partial charge in [-0.05, 0) is 33.7 Å². The van der Waals surface area contributed by atoms with Gasteiger partial charge < -0.3 is 0 Å². The summed E-state index contributed by atoms with van der Waals surface area (Å²) < 4.78 is 1.04. The van der Waals surface area contributed by atoms with E-state index in [-0.39, 0.29) is 22.5 Å². The van der Waals surface area contributed by atoms with E-state index in [1.54, 1.807) is 0 Å². The molecule has 1 nitrogen and oxygen atoms in total. The van der Waals surface area contributed by atoms with E-state index >= 15 is 0 Å². The van der Waals surface area contributed by atoms with Gasteiger partial charge in [-0.3, -0.25) is 4.79 Å². The Hall–Kier alpha value is -1.15. The standard InChI is InChI=1S/C18H19BrO/c1-17(2)16(18(17,3)4)15(20)13-9-10-14(19)12-8-6-5-7-11(12)13/h5-10,16H,1-4H3. The maximum atomic E-state index is 12.9. The quantitative estimate of drug-likeness (QED) is 0.667. The third-order valence-electron chi connectivity index (χ3n) is 5.42. The lowest BCUT2D eigenvalue weighted by molar-refractivity contribution is 0.0947. The van der Waals surface area contributed by atoms with Crippen molar-refractivity contribution in [2.24, 2.45) is 16.7 Å². The first-order valence-corrected chi connectivity index (χ1v) is 7.79. The van der Waals surface area contributed by atoms with Crippen LogP contribution in [0.25, 0.3) is 10.8 Å². The molecule has 0 spiro atoms. The van der Waals surface area contributed by atoms with Gasteiger partial charge in [0, 0.05) is 16.0 Å². The van der Waals surface area contributed by atoms with Gasteiger partial charge in [-0.15, -0.1) is 0 Å². The van der Waals surface area contributed by atoms with Crippen molar-refractivity contribution < 1.29 is 4.79 Å². The van der Waals surface area contributed by atoms with E-state index < -0.39 is 0 Å². The van der Waals surface area contributed by atoms with E-state index in [0.29, 0.717) is 0 Å². The van der Waals surface area contributed by atoms with Crippen LogP contribution in [0.15, 0.2) is 40.9 Å². The number of ketones is 1. The molecule has 104 valence electrons. The number of Topliss-reactive ketones (excluding diaryl/α,β-unsaturated/α-hetero) is 1. The molecule has 20 heavy (non-hydrogen) atoms. The van der Waals surface area contributed by atoms with Crippen LogP contribution in [0.4, 0.5) is 0 Å². The zero-order valence-corrected chi connectivity index (χ0v) is 13.9. The second-order valence-corrected chi connectivity index (χ2v) is 7.74. The smallest absolute Gasteiger partial charge is 0.167 e. The van der Waals surface area contributed by atoms with Gasteiger partial charge in [0.2, 0.25) is 0 Å². The monoisotopic (exact) mass is 330 g/mol. The van der Waals surface area contributed by atoms with Gasteiger partial charge in [0.15, 0.2) is 5.78 Å². The van der Waals surface area contributed by atoms with Gasteiger partial charge in [0.1, 0.15) is 0 Å². The number of carbonyl (C=O) groups is 1. The lowest BCUT2D eigenvalue weighted by Gasteiger charge is -2.08. The number of rotatable bonds is 2.